The first-order valence-corrected chi connectivity index (χ1v) is 11.6. The lowest BCUT2D eigenvalue weighted by Crippen LogP contribution is -2.16. The van der Waals surface area contributed by atoms with Crippen molar-refractivity contribution in [1.82, 2.24) is 4.57 Å². The number of ether oxygens (including phenoxy) is 1. The van der Waals surface area contributed by atoms with Gasteiger partial charge in [0.05, 0.1) is 24.1 Å². The summed E-state index contributed by atoms with van der Waals surface area (Å²) in [6.45, 7) is 5.33. The van der Waals surface area contributed by atoms with Gasteiger partial charge in [0.25, 0.3) is 5.91 Å². The molecular weight excluding hydrogens is 438 g/mol. The maximum Gasteiger partial charge on any atom is 0.257 e. The molecule has 2 aromatic carbocycles. The van der Waals surface area contributed by atoms with Crippen molar-refractivity contribution in [2.75, 3.05) is 22.9 Å². The standard InChI is InChI=1S/C22H24ClN3O4S/c1-5-31(28,29)25-20-10-9-17(13-21(20)30-4)24-22(27)19-11-14(2)26(15(19)3)18-8-6-7-16(23)12-18/h6-13,25H,5H2,1-4H3,(H,24,27). The van der Waals surface area contributed by atoms with Crippen molar-refractivity contribution >= 4 is 38.9 Å². The molecule has 31 heavy (non-hydrogen) atoms. The van der Waals surface area contributed by atoms with Crippen LogP contribution in [0.5, 0.6) is 5.75 Å². The van der Waals surface area contributed by atoms with Gasteiger partial charge >= 0.3 is 0 Å². The van der Waals surface area contributed by atoms with Crippen LogP contribution in [0.15, 0.2) is 48.5 Å². The Hall–Kier alpha value is -2.97. The maximum atomic E-state index is 13.0. The molecule has 1 heterocycles. The van der Waals surface area contributed by atoms with E-state index in [1.165, 1.54) is 7.11 Å². The second-order valence-corrected chi connectivity index (χ2v) is 9.42. The van der Waals surface area contributed by atoms with Crippen LogP contribution in [0.2, 0.25) is 5.02 Å². The lowest BCUT2D eigenvalue weighted by molar-refractivity contribution is 0.102. The van der Waals surface area contributed by atoms with Gasteiger partial charge in [-0.05, 0) is 57.2 Å². The van der Waals surface area contributed by atoms with E-state index >= 15 is 0 Å². The Bertz CT molecular complexity index is 1240. The van der Waals surface area contributed by atoms with Gasteiger partial charge in [-0.2, -0.15) is 0 Å². The number of sulfonamides is 1. The number of nitrogens with one attached hydrogen (secondary N) is 2. The molecule has 164 valence electrons. The van der Waals surface area contributed by atoms with Crippen LogP contribution in [0.4, 0.5) is 11.4 Å². The molecule has 1 aromatic heterocycles. The topological polar surface area (TPSA) is 89.4 Å². The number of rotatable bonds is 7. The fourth-order valence-electron chi connectivity index (χ4n) is 3.30. The monoisotopic (exact) mass is 461 g/mol. The molecule has 0 spiro atoms. The fourth-order valence-corrected chi connectivity index (χ4v) is 4.13. The van der Waals surface area contributed by atoms with E-state index in [0.29, 0.717) is 27.7 Å². The van der Waals surface area contributed by atoms with Crippen molar-refractivity contribution in [3.8, 4) is 11.4 Å². The number of nitrogens with zero attached hydrogens (tertiary/aromatic N) is 1. The summed E-state index contributed by atoms with van der Waals surface area (Å²) in [5.74, 6) is -0.0405. The number of aromatic nitrogens is 1. The summed E-state index contributed by atoms with van der Waals surface area (Å²) < 4.78 is 33.4. The van der Waals surface area contributed by atoms with Gasteiger partial charge in [-0.3, -0.25) is 9.52 Å². The van der Waals surface area contributed by atoms with Crippen molar-refractivity contribution in [3.63, 3.8) is 0 Å². The number of methoxy groups -OCH3 is 1. The first kappa shape index (κ1) is 22.7. The van der Waals surface area contributed by atoms with Crippen LogP contribution in [-0.2, 0) is 10.0 Å². The molecule has 0 fully saturated rings. The van der Waals surface area contributed by atoms with E-state index in [-0.39, 0.29) is 11.7 Å². The highest BCUT2D eigenvalue weighted by molar-refractivity contribution is 7.92. The van der Waals surface area contributed by atoms with Crippen LogP contribution in [0, 0.1) is 13.8 Å². The summed E-state index contributed by atoms with van der Waals surface area (Å²) in [7, 11) is -2.02. The maximum absolute atomic E-state index is 13.0. The van der Waals surface area contributed by atoms with Gasteiger partial charge in [0.15, 0.2) is 0 Å². The van der Waals surface area contributed by atoms with E-state index in [2.05, 4.69) is 10.0 Å². The van der Waals surface area contributed by atoms with Crippen molar-refractivity contribution in [3.05, 3.63) is 70.5 Å². The number of hydrogen-bond donors (Lipinski definition) is 2. The lowest BCUT2D eigenvalue weighted by Gasteiger charge is -2.13. The third kappa shape index (κ3) is 5.03. The first-order chi connectivity index (χ1) is 14.6. The highest BCUT2D eigenvalue weighted by Gasteiger charge is 2.18. The van der Waals surface area contributed by atoms with Gasteiger partial charge in [-0.15, -0.1) is 0 Å². The van der Waals surface area contributed by atoms with Gasteiger partial charge in [0, 0.05) is 33.9 Å². The Morgan fingerprint density at radius 3 is 2.52 bits per heavy atom. The van der Waals surface area contributed by atoms with Crippen LogP contribution in [0.25, 0.3) is 5.69 Å². The number of halogens is 1. The Morgan fingerprint density at radius 1 is 1.13 bits per heavy atom. The molecule has 3 rings (SSSR count). The Balaban J connectivity index is 1.88. The zero-order valence-electron chi connectivity index (χ0n) is 17.7. The summed E-state index contributed by atoms with van der Waals surface area (Å²) in [4.78, 5) is 13.0. The molecule has 0 bridgehead atoms. The van der Waals surface area contributed by atoms with E-state index < -0.39 is 10.0 Å². The first-order valence-electron chi connectivity index (χ1n) is 9.60. The third-order valence-corrected chi connectivity index (χ3v) is 6.37. The van der Waals surface area contributed by atoms with Crippen molar-refractivity contribution in [2.45, 2.75) is 20.8 Å². The van der Waals surface area contributed by atoms with E-state index in [0.717, 1.165) is 17.1 Å². The van der Waals surface area contributed by atoms with Gasteiger partial charge in [-0.25, -0.2) is 8.42 Å². The van der Waals surface area contributed by atoms with Crippen molar-refractivity contribution in [2.24, 2.45) is 0 Å². The zero-order chi connectivity index (χ0) is 22.8. The minimum absolute atomic E-state index is 0.0586. The average molecular weight is 462 g/mol. The Labute approximate surface area is 187 Å². The number of amides is 1. The van der Waals surface area contributed by atoms with Crippen LogP contribution in [-0.4, -0.2) is 31.8 Å². The summed E-state index contributed by atoms with van der Waals surface area (Å²) >= 11 is 6.12. The van der Waals surface area contributed by atoms with Gasteiger partial charge < -0.3 is 14.6 Å². The number of anilines is 2. The van der Waals surface area contributed by atoms with E-state index in [4.69, 9.17) is 16.3 Å². The van der Waals surface area contributed by atoms with Gasteiger partial charge in [0.2, 0.25) is 10.0 Å². The Morgan fingerprint density at radius 2 is 1.87 bits per heavy atom. The highest BCUT2D eigenvalue weighted by Crippen LogP contribution is 2.30. The summed E-state index contributed by atoms with van der Waals surface area (Å²) in [5.41, 5.74) is 3.85. The molecule has 0 radical (unpaired) electrons. The number of hydrogen-bond acceptors (Lipinski definition) is 4. The molecule has 1 amide bonds. The molecule has 7 nitrogen and oxygen atoms in total. The number of carbonyl (C=O) groups is 1. The molecular formula is C22H24ClN3O4S. The summed E-state index contributed by atoms with van der Waals surface area (Å²) in [6.07, 6.45) is 0. The molecule has 0 unspecified atom stereocenters. The van der Waals surface area contributed by atoms with Crippen LogP contribution >= 0.6 is 11.6 Å². The minimum Gasteiger partial charge on any atom is -0.494 e. The summed E-state index contributed by atoms with van der Waals surface area (Å²) in [5, 5.41) is 3.46. The normalized spacial score (nSPS) is 11.3. The molecule has 0 atom stereocenters. The van der Waals surface area contributed by atoms with E-state index in [1.807, 2.05) is 42.7 Å². The molecule has 0 aliphatic heterocycles. The smallest absolute Gasteiger partial charge is 0.257 e. The van der Waals surface area contributed by atoms with E-state index in [9.17, 15) is 13.2 Å². The molecule has 9 heteroatoms. The van der Waals surface area contributed by atoms with Gasteiger partial charge in [-0.1, -0.05) is 17.7 Å². The van der Waals surface area contributed by atoms with Crippen LogP contribution in [0.1, 0.15) is 28.7 Å². The molecule has 3 aromatic rings. The predicted octanol–water partition coefficient (Wildman–Crippen LogP) is 4.77. The van der Waals surface area contributed by atoms with Crippen LogP contribution in [0.3, 0.4) is 0 Å². The van der Waals surface area contributed by atoms with Crippen molar-refractivity contribution < 1.29 is 17.9 Å². The third-order valence-electron chi connectivity index (χ3n) is 4.85. The Kier molecular flexibility index (Phi) is 6.62. The zero-order valence-corrected chi connectivity index (χ0v) is 19.3. The average Bonchev–Trinajstić information content (AvgIpc) is 3.03. The molecule has 0 saturated carbocycles. The molecule has 0 saturated heterocycles. The van der Waals surface area contributed by atoms with Crippen molar-refractivity contribution in [1.29, 1.82) is 0 Å². The molecule has 2 N–H and O–H groups in total. The summed E-state index contributed by atoms with van der Waals surface area (Å²) in [6, 6.07) is 14.0. The van der Waals surface area contributed by atoms with Crippen LogP contribution < -0.4 is 14.8 Å². The number of aryl methyl sites for hydroxylation is 1. The fraction of sp³-hybridized carbons (Fsp3) is 0.227. The predicted molar refractivity (Wildman–Crippen MR) is 124 cm³/mol. The second-order valence-electron chi connectivity index (χ2n) is 6.97. The molecule has 0 aliphatic carbocycles. The largest absolute Gasteiger partial charge is 0.494 e. The minimum atomic E-state index is -3.45. The number of carbonyl (C=O) groups excluding carboxylic acids is 1. The molecule has 0 aliphatic rings. The number of benzene rings is 2. The van der Waals surface area contributed by atoms with Gasteiger partial charge in [0.1, 0.15) is 5.75 Å². The van der Waals surface area contributed by atoms with E-state index in [1.54, 1.807) is 31.2 Å². The second kappa shape index (κ2) is 9.03. The highest BCUT2D eigenvalue weighted by atomic mass is 35.5. The SMILES string of the molecule is CCS(=O)(=O)Nc1ccc(NC(=O)c2cc(C)n(-c3cccc(Cl)c3)c2C)cc1OC. The lowest BCUT2D eigenvalue weighted by atomic mass is 10.2. The quantitative estimate of drug-likeness (QED) is 0.530.